The van der Waals surface area contributed by atoms with Crippen LogP contribution in [-0.2, 0) is 32.2 Å². The van der Waals surface area contributed by atoms with Gasteiger partial charge in [0.2, 0.25) is 5.91 Å². The predicted octanol–water partition coefficient (Wildman–Crippen LogP) is 3.76. The van der Waals surface area contributed by atoms with Crippen molar-refractivity contribution in [3.63, 3.8) is 0 Å². The van der Waals surface area contributed by atoms with Crippen LogP contribution >= 0.6 is 0 Å². The number of hydrogen-bond donors (Lipinski definition) is 2. The number of rotatable bonds is 11. The van der Waals surface area contributed by atoms with Crippen molar-refractivity contribution >= 4 is 29.6 Å². The Balaban J connectivity index is 0.00000384. The Morgan fingerprint density at radius 2 is 1.15 bits per heavy atom. The second-order valence-corrected chi connectivity index (χ2v) is 11.3. The van der Waals surface area contributed by atoms with Gasteiger partial charge >= 0.3 is 47.6 Å². The van der Waals surface area contributed by atoms with Gasteiger partial charge < -0.3 is 26.3 Å². The SMILES string of the molecule is CC(C)(C)OC(=O)NCC(C(=O)Nc1cc(C(=O)OCc2ccccc2)cc(C(=O)OCc2ccccc2)c1)c1ccccc1.[H-].[Na+]. The Kier molecular flexibility index (Phi) is 13.6. The molecule has 46 heavy (non-hydrogen) atoms. The molecule has 1 atom stereocenters. The van der Waals surface area contributed by atoms with Crippen molar-refractivity contribution in [2.24, 2.45) is 0 Å². The van der Waals surface area contributed by atoms with Crippen LogP contribution in [0, 0.1) is 0 Å². The zero-order chi connectivity index (χ0) is 32.2. The first-order chi connectivity index (χ1) is 21.6. The molecular weight excluding hydrogens is 595 g/mol. The third-order valence-electron chi connectivity index (χ3n) is 6.47. The molecule has 2 amide bonds. The summed E-state index contributed by atoms with van der Waals surface area (Å²) in [5.41, 5.74) is 1.81. The second-order valence-electron chi connectivity index (χ2n) is 11.3. The van der Waals surface area contributed by atoms with Crippen molar-refractivity contribution in [1.82, 2.24) is 5.32 Å². The molecule has 0 saturated carbocycles. The number of alkyl carbamates (subject to hydrolysis) is 1. The van der Waals surface area contributed by atoms with Gasteiger partial charge in [-0.2, -0.15) is 0 Å². The molecule has 0 aliphatic heterocycles. The quantitative estimate of drug-likeness (QED) is 0.147. The molecule has 0 fully saturated rings. The van der Waals surface area contributed by atoms with E-state index < -0.39 is 35.5 Å². The van der Waals surface area contributed by atoms with E-state index in [1.54, 1.807) is 45.0 Å². The zero-order valence-corrected chi connectivity index (χ0v) is 28.4. The molecule has 4 rings (SSSR count). The minimum absolute atomic E-state index is 0. The van der Waals surface area contributed by atoms with Crippen molar-refractivity contribution in [2.45, 2.75) is 45.5 Å². The van der Waals surface area contributed by atoms with E-state index in [0.29, 0.717) is 5.56 Å². The van der Waals surface area contributed by atoms with Crippen LogP contribution in [0.3, 0.4) is 0 Å². The molecule has 2 N–H and O–H groups in total. The summed E-state index contributed by atoms with van der Waals surface area (Å²) in [6.45, 7) is 5.22. The van der Waals surface area contributed by atoms with Crippen LogP contribution in [0.2, 0.25) is 0 Å². The van der Waals surface area contributed by atoms with Gasteiger partial charge in [0.15, 0.2) is 0 Å². The molecule has 10 heteroatoms. The number of carbonyl (C=O) groups is 4. The fourth-order valence-corrected chi connectivity index (χ4v) is 4.32. The fourth-order valence-electron chi connectivity index (χ4n) is 4.32. The first-order valence-corrected chi connectivity index (χ1v) is 14.5. The molecule has 4 aromatic carbocycles. The van der Waals surface area contributed by atoms with Gasteiger partial charge in [0, 0.05) is 12.2 Å². The van der Waals surface area contributed by atoms with Crippen LogP contribution in [0.4, 0.5) is 10.5 Å². The standard InChI is InChI=1S/C36H36N2O7.Na.H/c1-36(2,3)45-35(42)37-22-31(27-17-11-6-12-18-27)32(39)38-30-20-28(33(40)43-23-25-13-7-4-8-14-25)19-29(21-30)34(41)44-24-26-15-9-5-10-16-26;;/h4-21,31H,22-24H2,1-3H3,(H,37,42)(H,38,39);;/q;+1;-1. The van der Waals surface area contributed by atoms with Gasteiger partial charge in [0.1, 0.15) is 18.8 Å². The number of anilines is 1. The number of benzene rings is 4. The normalized spacial score (nSPS) is 11.3. The van der Waals surface area contributed by atoms with Crippen molar-refractivity contribution in [3.8, 4) is 0 Å². The van der Waals surface area contributed by atoms with Crippen molar-refractivity contribution < 1.29 is 64.4 Å². The Bertz CT molecular complexity index is 1540. The predicted molar refractivity (Wildman–Crippen MR) is 171 cm³/mol. The first-order valence-electron chi connectivity index (χ1n) is 14.5. The van der Waals surface area contributed by atoms with E-state index in [0.717, 1.165) is 11.1 Å². The number of nitrogens with one attached hydrogen (secondary N) is 2. The molecule has 0 aliphatic carbocycles. The average Bonchev–Trinajstić information content (AvgIpc) is 3.03. The summed E-state index contributed by atoms with van der Waals surface area (Å²) in [5.74, 6) is -2.66. The molecular formula is C36H37N2NaO7. The van der Waals surface area contributed by atoms with E-state index in [1.165, 1.54) is 18.2 Å². The van der Waals surface area contributed by atoms with E-state index in [2.05, 4.69) is 10.6 Å². The largest absolute Gasteiger partial charge is 1.00 e. The van der Waals surface area contributed by atoms with Crippen molar-refractivity contribution in [2.75, 3.05) is 11.9 Å². The van der Waals surface area contributed by atoms with E-state index >= 15 is 0 Å². The van der Waals surface area contributed by atoms with Crippen molar-refractivity contribution in [3.05, 3.63) is 137 Å². The van der Waals surface area contributed by atoms with E-state index in [-0.39, 0.29) is 67.6 Å². The number of ether oxygens (including phenoxy) is 3. The summed E-state index contributed by atoms with van der Waals surface area (Å²) in [7, 11) is 0. The topological polar surface area (TPSA) is 120 Å². The Morgan fingerprint density at radius 3 is 1.61 bits per heavy atom. The molecule has 0 radical (unpaired) electrons. The summed E-state index contributed by atoms with van der Waals surface area (Å²) < 4.78 is 16.3. The molecule has 4 aromatic rings. The second kappa shape index (κ2) is 17.3. The zero-order valence-electron chi connectivity index (χ0n) is 27.4. The van der Waals surface area contributed by atoms with Crippen LogP contribution in [-0.4, -0.2) is 36.1 Å². The van der Waals surface area contributed by atoms with E-state index in [1.807, 2.05) is 66.7 Å². The Hall–Kier alpha value is -4.44. The number of esters is 2. The number of carbonyl (C=O) groups excluding carboxylic acids is 4. The van der Waals surface area contributed by atoms with E-state index in [9.17, 15) is 19.2 Å². The summed E-state index contributed by atoms with van der Waals surface area (Å²) in [6.07, 6.45) is -0.664. The molecule has 0 saturated heterocycles. The molecule has 0 aromatic heterocycles. The van der Waals surface area contributed by atoms with Crippen LogP contribution in [0.5, 0.6) is 0 Å². The maximum absolute atomic E-state index is 13.7. The Morgan fingerprint density at radius 1 is 0.696 bits per heavy atom. The summed E-state index contributed by atoms with van der Waals surface area (Å²) in [5, 5.41) is 5.46. The van der Waals surface area contributed by atoms with Gasteiger partial charge in [0.05, 0.1) is 17.0 Å². The third-order valence-corrected chi connectivity index (χ3v) is 6.47. The average molecular weight is 633 g/mol. The van der Waals surface area contributed by atoms with Crippen LogP contribution < -0.4 is 40.2 Å². The number of hydrogen-bond acceptors (Lipinski definition) is 7. The first kappa shape index (κ1) is 36.0. The van der Waals surface area contributed by atoms with Gasteiger partial charge in [-0.1, -0.05) is 91.0 Å². The molecule has 1 unspecified atom stereocenters. The van der Waals surface area contributed by atoms with Crippen LogP contribution in [0.25, 0.3) is 0 Å². The fraction of sp³-hybridized carbons (Fsp3) is 0.222. The van der Waals surface area contributed by atoms with Crippen LogP contribution in [0.1, 0.15) is 65.5 Å². The molecule has 234 valence electrons. The summed E-state index contributed by atoms with van der Waals surface area (Å²) in [4.78, 5) is 52.3. The van der Waals surface area contributed by atoms with Gasteiger partial charge in [-0.3, -0.25) is 4.79 Å². The molecule has 0 heterocycles. The maximum Gasteiger partial charge on any atom is 1.00 e. The monoisotopic (exact) mass is 632 g/mol. The van der Waals surface area contributed by atoms with Crippen molar-refractivity contribution in [1.29, 1.82) is 0 Å². The molecule has 0 aliphatic rings. The summed E-state index contributed by atoms with van der Waals surface area (Å²) >= 11 is 0. The molecule has 0 bridgehead atoms. The van der Waals surface area contributed by atoms with Crippen LogP contribution in [0.15, 0.2) is 109 Å². The maximum atomic E-state index is 13.7. The number of amides is 2. The summed E-state index contributed by atoms with van der Waals surface area (Å²) in [6, 6.07) is 31.5. The third kappa shape index (κ3) is 11.5. The molecule has 0 spiro atoms. The van der Waals surface area contributed by atoms with Gasteiger partial charge in [-0.15, -0.1) is 0 Å². The van der Waals surface area contributed by atoms with Gasteiger partial charge in [-0.05, 0) is 55.7 Å². The minimum atomic E-state index is -0.819. The van der Waals surface area contributed by atoms with Gasteiger partial charge in [-0.25, -0.2) is 14.4 Å². The smallest absolute Gasteiger partial charge is 1.00 e. The molecule has 9 nitrogen and oxygen atoms in total. The Labute approximate surface area is 292 Å². The van der Waals surface area contributed by atoms with Gasteiger partial charge in [0.25, 0.3) is 0 Å². The minimum Gasteiger partial charge on any atom is -1.00 e. The van der Waals surface area contributed by atoms with E-state index in [4.69, 9.17) is 14.2 Å².